The maximum atomic E-state index is 12.7. The fourth-order valence-electron chi connectivity index (χ4n) is 3.53. The van der Waals surface area contributed by atoms with Gasteiger partial charge in [0.1, 0.15) is 0 Å². The van der Waals surface area contributed by atoms with Crippen molar-refractivity contribution < 1.29 is 9.59 Å². The van der Waals surface area contributed by atoms with Crippen LogP contribution in [0.5, 0.6) is 0 Å². The van der Waals surface area contributed by atoms with Crippen LogP contribution >= 0.6 is 0 Å². The first-order chi connectivity index (χ1) is 13.1. The maximum absolute atomic E-state index is 12.7. The topological polar surface area (TPSA) is 53.5 Å². The van der Waals surface area contributed by atoms with Crippen molar-refractivity contribution in [2.24, 2.45) is 5.92 Å². The van der Waals surface area contributed by atoms with Crippen LogP contribution in [0.3, 0.4) is 0 Å². The summed E-state index contributed by atoms with van der Waals surface area (Å²) >= 11 is 0. The van der Waals surface area contributed by atoms with Crippen molar-refractivity contribution >= 4 is 11.8 Å². The summed E-state index contributed by atoms with van der Waals surface area (Å²) in [6.45, 7) is 2.04. The lowest BCUT2D eigenvalue weighted by atomic mass is 9.94. The third-order valence-electron chi connectivity index (χ3n) is 5.26. The van der Waals surface area contributed by atoms with Crippen LogP contribution in [0.4, 0.5) is 0 Å². The monoisotopic (exact) mass is 365 g/mol. The van der Waals surface area contributed by atoms with Crippen molar-refractivity contribution in [3.63, 3.8) is 0 Å². The minimum absolute atomic E-state index is 0.0215. The molecule has 2 heterocycles. The SMILES string of the molecule is CN(CCc1ccncc1)C(=O)C1CCN(C(=O)Cc2ccccc2)CC1. The van der Waals surface area contributed by atoms with Crippen molar-refractivity contribution in [2.45, 2.75) is 25.7 Å². The van der Waals surface area contributed by atoms with E-state index in [0.717, 1.165) is 24.8 Å². The first-order valence-electron chi connectivity index (χ1n) is 9.59. The Labute approximate surface area is 161 Å². The molecule has 0 aliphatic carbocycles. The number of aromatic nitrogens is 1. The van der Waals surface area contributed by atoms with Gasteiger partial charge in [-0.3, -0.25) is 14.6 Å². The second kappa shape index (κ2) is 9.31. The lowest BCUT2D eigenvalue weighted by molar-refractivity contribution is -0.139. The van der Waals surface area contributed by atoms with Crippen molar-refractivity contribution in [3.05, 3.63) is 66.0 Å². The number of piperidine rings is 1. The Morgan fingerprint density at radius 2 is 1.70 bits per heavy atom. The summed E-state index contributed by atoms with van der Waals surface area (Å²) in [5.41, 5.74) is 2.22. The van der Waals surface area contributed by atoms with Crippen LogP contribution < -0.4 is 0 Å². The summed E-state index contributed by atoms with van der Waals surface area (Å²) in [6, 6.07) is 13.8. The molecule has 0 radical (unpaired) electrons. The number of amides is 2. The Morgan fingerprint density at radius 1 is 1.04 bits per heavy atom. The molecule has 0 N–H and O–H groups in total. The van der Waals surface area contributed by atoms with Crippen molar-refractivity contribution in [2.75, 3.05) is 26.7 Å². The summed E-state index contributed by atoms with van der Waals surface area (Å²) < 4.78 is 0. The van der Waals surface area contributed by atoms with E-state index in [2.05, 4.69) is 4.98 Å². The molecule has 3 rings (SSSR count). The zero-order valence-corrected chi connectivity index (χ0v) is 15.9. The van der Waals surface area contributed by atoms with Gasteiger partial charge in [0.2, 0.25) is 11.8 Å². The number of likely N-dealkylation sites (tertiary alicyclic amines) is 1. The van der Waals surface area contributed by atoms with E-state index in [1.807, 2.05) is 59.3 Å². The molecule has 142 valence electrons. The van der Waals surface area contributed by atoms with Crippen molar-refractivity contribution in [1.82, 2.24) is 14.8 Å². The van der Waals surface area contributed by atoms with Gasteiger partial charge in [0.05, 0.1) is 6.42 Å². The molecule has 2 aromatic rings. The molecule has 1 aliphatic rings. The van der Waals surface area contributed by atoms with Gasteiger partial charge in [-0.1, -0.05) is 30.3 Å². The molecule has 1 fully saturated rings. The van der Waals surface area contributed by atoms with Gasteiger partial charge in [-0.25, -0.2) is 0 Å². The number of rotatable bonds is 6. The highest BCUT2D eigenvalue weighted by Gasteiger charge is 2.28. The number of hydrogen-bond acceptors (Lipinski definition) is 3. The van der Waals surface area contributed by atoms with Gasteiger partial charge >= 0.3 is 0 Å². The van der Waals surface area contributed by atoms with Crippen LogP contribution in [0, 0.1) is 5.92 Å². The summed E-state index contributed by atoms with van der Waals surface area (Å²) in [5.74, 6) is 0.366. The van der Waals surface area contributed by atoms with Crippen LogP contribution in [0.2, 0.25) is 0 Å². The zero-order valence-electron chi connectivity index (χ0n) is 15.9. The van der Waals surface area contributed by atoms with E-state index in [1.165, 1.54) is 5.56 Å². The summed E-state index contributed by atoms with van der Waals surface area (Å²) in [5, 5.41) is 0. The largest absolute Gasteiger partial charge is 0.345 e. The van der Waals surface area contributed by atoms with Gasteiger partial charge in [0.25, 0.3) is 0 Å². The average Bonchev–Trinajstić information content (AvgIpc) is 2.73. The van der Waals surface area contributed by atoms with Gasteiger partial charge < -0.3 is 9.80 Å². The number of hydrogen-bond donors (Lipinski definition) is 0. The van der Waals surface area contributed by atoms with E-state index in [4.69, 9.17) is 0 Å². The van der Waals surface area contributed by atoms with E-state index in [0.29, 0.717) is 26.1 Å². The lowest BCUT2D eigenvalue weighted by Crippen LogP contribution is -2.44. The quantitative estimate of drug-likeness (QED) is 0.791. The summed E-state index contributed by atoms with van der Waals surface area (Å²) in [6.07, 6.45) is 6.32. The Hall–Kier alpha value is -2.69. The number of benzene rings is 1. The van der Waals surface area contributed by atoms with Crippen LogP contribution in [0.25, 0.3) is 0 Å². The lowest BCUT2D eigenvalue weighted by Gasteiger charge is -2.33. The van der Waals surface area contributed by atoms with E-state index < -0.39 is 0 Å². The molecule has 5 heteroatoms. The number of pyridine rings is 1. The molecule has 1 aromatic carbocycles. The van der Waals surface area contributed by atoms with Gasteiger partial charge in [-0.05, 0) is 42.5 Å². The zero-order chi connectivity index (χ0) is 19.1. The van der Waals surface area contributed by atoms with E-state index in [1.54, 1.807) is 12.4 Å². The minimum Gasteiger partial charge on any atom is -0.345 e. The molecule has 0 spiro atoms. The second-order valence-electron chi connectivity index (χ2n) is 7.18. The van der Waals surface area contributed by atoms with Gasteiger partial charge in [-0.15, -0.1) is 0 Å². The molecule has 5 nitrogen and oxygen atoms in total. The fourth-order valence-corrected chi connectivity index (χ4v) is 3.53. The highest BCUT2D eigenvalue weighted by molar-refractivity contribution is 5.81. The van der Waals surface area contributed by atoms with Gasteiger partial charge in [-0.2, -0.15) is 0 Å². The first kappa shape index (κ1) is 19.1. The molecular formula is C22H27N3O2. The van der Waals surface area contributed by atoms with E-state index >= 15 is 0 Å². The van der Waals surface area contributed by atoms with Gasteiger partial charge in [0.15, 0.2) is 0 Å². The Bertz CT molecular complexity index is 741. The van der Waals surface area contributed by atoms with Crippen molar-refractivity contribution in [1.29, 1.82) is 0 Å². The van der Waals surface area contributed by atoms with Gasteiger partial charge in [0, 0.05) is 45.0 Å². The van der Waals surface area contributed by atoms with E-state index in [-0.39, 0.29) is 17.7 Å². The predicted molar refractivity (Wildman–Crippen MR) is 105 cm³/mol. The van der Waals surface area contributed by atoms with E-state index in [9.17, 15) is 9.59 Å². The molecule has 0 atom stereocenters. The Balaban J connectivity index is 1.43. The van der Waals surface area contributed by atoms with Crippen LogP contribution in [-0.2, 0) is 22.4 Å². The standard InChI is InChI=1S/C22H27N3O2/c1-24(14-9-18-7-12-23-13-8-18)22(27)20-10-15-25(16-11-20)21(26)17-19-5-3-2-4-6-19/h2-8,12-13,20H,9-11,14-17H2,1H3. The number of carbonyl (C=O) groups excluding carboxylic acids is 2. The number of likely N-dealkylation sites (N-methyl/N-ethyl adjacent to an activating group) is 1. The Morgan fingerprint density at radius 3 is 2.37 bits per heavy atom. The fraction of sp³-hybridized carbons (Fsp3) is 0.409. The number of nitrogens with zero attached hydrogens (tertiary/aromatic N) is 3. The first-order valence-corrected chi connectivity index (χ1v) is 9.59. The summed E-state index contributed by atoms with van der Waals surface area (Å²) in [7, 11) is 1.87. The molecule has 2 amide bonds. The maximum Gasteiger partial charge on any atom is 0.226 e. The smallest absolute Gasteiger partial charge is 0.226 e. The molecule has 0 saturated carbocycles. The molecule has 0 bridgehead atoms. The molecule has 1 saturated heterocycles. The third kappa shape index (κ3) is 5.39. The highest BCUT2D eigenvalue weighted by Crippen LogP contribution is 2.20. The molecule has 27 heavy (non-hydrogen) atoms. The molecule has 1 aliphatic heterocycles. The molecular weight excluding hydrogens is 338 g/mol. The predicted octanol–water partition coefficient (Wildman–Crippen LogP) is 2.56. The van der Waals surface area contributed by atoms with Crippen LogP contribution in [0.15, 0.2) is 54.9 Å². The van der Waals surface area contributed by atoms with Crippen LogP contribution in [0.1, 0.15) is 24.0 Å². The second-order valence-corrected chi connectivity index (χ2v) is 7.18. The normalized spacial score (nSPS) is 14.8. The molecule has 0 unspecified atom stereocenters. The minimum atomic E-state index is 0.0215. The highest BCUT2D eigenvalue weighted by atomic mass is 16.2. The molecule has 1 aromatic heterocycles. The Kier molecular flexibility index (Phi) is 6.58. The average molecular weight is 365 g/mol. The van der Waals surface area contributed by atoms with Crippen LogP contribution in [-0.4, -0.2) is 53.3 Å². The summed E-state index contributed by atoms with van der Waals surface area (Å²) in [4.78, 5) is 32.9. The van der Waals surface area contributed by atoms with Crippen molar-refractivity contribution in [3.8, 4) is 0 Å². The number of carbonyl (C=O) groups is 2. The third-order valence-corrected chi connectivity index (χ3v) is 5.26.